The molecule has 0 fully saturated rings. The molecule has 2 N–H and O–H groups in total. The number of aromatic nitrogens is 5. The van der Waals surface area contributed by atoms with Crippen LogP contribution in [0.4, 0.5) is 16.0 Å². The van der Waals surface area contributed by atoms with Crippen LogP contribution in [0.5, 0.6) is 0 Å². The number of H-pyrrole nitrogens is 1. The zero-order chi connectivity index (χ0) is 17.4. The standard InChI is InChI=1S/C16H9Cl2FN6/c17-9-2-1-3-10(18)12(9)14-24-13-15(21-7-22-16(13)25-14)23-11-6-8(19)4-5-20-11/h1-7H,(H2,20,21,22,23,24,25). The first-order chi connectivity index (χ1) is 12.1. The van der Waals surface area contributed by atoms with Crippen molar-refractivity contribution in [3.05, 3.63) is 58.7 Å². The van der Waals surface area contributed by atoms with E-state index in [2.05, 4.69) is 30.2 Å². The maximum atomic E-state index is 13.3. The van der Waals surface area contributed by atoms with Crippen molar-refractivity contribution in [1.29, 1.82) is 0 Å². The molecule has 0 amide bonds. The van der Waals surface area contributed by atoms with Gasteiger partial charge in [0.05, 0.1) is 15.6 Å². The summed E-state index contributed by atoms with van der Waals surface area (Å²) in [5.41, 5.74) is 1.51. The van der Waals surface area contributed by atoms with Gasteiger partial charge in [-0.05, 0) is 18.2 Å². The van der Waals surface area contributed by atoms with Crippen molar-refractivity contribution in [1.82, 2.24) is 24.9 Å². The van der Waals surface area contributed by atoms with Gasteiger partial charge in [-0.3, -0.25) is 0 Å². The molecule has 0 unspecified atom stereocenters. The zero-order valence-corrected chi connectivity index (χ0v) is 14.0. The first-order valence-electron chi connectivity index (χ1n) is 7.15. The van der Waals surface area contributed by atoms with Crippen molar-refractivity contribution in [3.8, 4) is 11.4 Å². The molecular weight excluding hydrogens is 366 g/mol. The first-order valence-corrected chi connectivity index (χ1v) is 7.91. The van der Waals surface area contributed by atoms with E-state index in [9.17, 15) is 4.39 Å². The number of benzene rings is 1. The average Bonchev–Trinajstić information content (AvgIpc) is 2.99. The lowest BCUT2D eigenvalue weighted by Gasteiger charge is -2.05. The van der Waals surface area contributed by atoms with Gasteiger partial charge in [0.1, 0.15) is 29.3 Å². The number of rotatable bonds is 3. The second-order valence-corrected chi connectivity index (χ2v) is 5.90. The van der Waals surface area contributed by atoms with Crippen LogP contribution in [0.3, 0.4) is 0 Å². The van der Waals surface area contributed by atoms with Gasteiger partial charge in [-0.2, -0.15) is 0 Å². The summed E-state index contributed by atoms with van der Waals surface area (Å²) < 4.78 is 13.3. The Morgan fingerprint density at radius 2 is 1.84 bits per heavy atom. The van der Waals surface area contributed by atoms with E-state index in [1.54, 1.807) is 18.2 Å². The number of nitrogens with one attached hydrogen (secondary N) is 2. The summed E-state index contributed by atoms with van der Waals surface area (Å²) >= 11 is 12.5. The quantitative estimate of drug-likeness (QED) is 0.547. The van der Waals surface area contributed by atoms with Crippen molar-refractivity contribution >= 4 is 46.0 Å². The molecule has 25 heavy (non-hydrogen) atoms. The third-order valence-electron chi connectivity index (χ3n) is 3.46. The first kappa shape index (κ1) is 15.7. The molecule has 0 saturated carbocycles. The minimum Gasteiger partial charge on any atom is -0.333 e. The maximum absolute atomic E-state index is 13.3. The maximum Gasteiger partial charge on any atom is 0.183 e. The smallest absolute Gasteiger partial charge is 0.183 e. The van der Waals surface area contributed by atoms with Crippen LogP contribution in [-0.2, 0) is 0 Å². The molecule has 0 atom stereocenters. The van der Waals surface area contributed by atoms with Crippen molar-refractivity contribution in [2.45, 2.75) is 0 Å². The normalized spacial score (nSPS) is 11.0. The number of hydrogen-bond donors (Lipinski definition) is 2. The van der Waals surface area contributed by atoms with E-state index < -0.39 is 5.82 Å². The predicted molar refractivity (Wildman–Crippen MR) is 94.6 cm³/mol. The van der Waals surface area contributed by atoms with Gasteiger partial charge in [0.25, 0.3) is 0 Å². The van der Waals surface area contributed by atoms with Crippen LogP contribution in [0, 0.1) is 5.82 Å². The van der Waals surface area contributed by atoms with Crippen LogP contribution in [0.25, 0.3) is 22.6 Å². The summed E-state index contributed by atoms with van der Waals surface area (Å²) in [5.74, 6) is 0.772. The largest absolute Gasteiger partial charge is 0.333 e. The lowest BCUT2D eigenvalue weighted by atomic mass is 10.2. The fourth-order valence-electron chi connectivity index (χ4n) is 2.36. The Hall–Kier alpha value is -2.77. The van der Waals surface area contributed by atoms with E-state index in [0.717, 1.165) is 0 Å². The summed E-state index contributed by atoms with van der Waals surface area (Å²) in [6.45, 7) is 0. The summed E-state index contributed by atoms with van der Waals surface area (Å²) in [6, 6.07) is 7.71. The lowest BCUT2D eigenvalue weighted by Crippen LogP contribution is -1.98. The van der Waals surface area contributed by atoms with Gasteiger partial charge in [0.15, 0.2) is 11.5 Å². The highest BCUT2D eigenvalue weighted by atomic mass is 35.5. The monoisotopic (exact) mass is 374 g/mol. The van der Waals surface area contributed by atoms with Gasteiger partial charge in [0, 0.05) is 12.3 Å². The van der Waals surface area contributed by atoms with Gasteiger partial charge < -0.3 is 10.3 Å². The number of halogens is 3. The highest BCUT2D eigenvalue weighted by Crippen LogP contribution is 2.34. The fourth-order valence-corrected chi connectivity index (χ4v) is 2.94. The zero-order valence-electron chi connectivity index (χ0n) is 12.5. The summed E-state index contributed by atoms with van der Waals surface area (Å²) in [6.07, 6.45) is 2.71. The number of imidazole rings is 1. The Balaban J connectivity index is 1.82. The molecule has 3 aromatic heterocycles. The molecular formula is C16H9Cl2FN6. The molecule has 0 saturated heterocycles. The number of nitrogens with zero attached hydrogens (tertiary/aromatic N) is 4. The lowest BCUT2D eigenvalue weighted by molar-refractivity contribution is 0.626. The predicted octanol–water partition coefficient (Wildman–Crippen LogP) is 4.60. The summed E-state index contributed by atoms with van der Waals surface area (Å²) in [5, 5.41) is 3.86. The second-order valence-electron chi connectivity index (χ2n) is 5.09. The molecule has 0 aliphatic carbocycles. The minimum absolute atomic E-state index is 0.312. The molecule has 0 bridgehead atoms. The number of aromatic amines is 1. The van der Waals surface area contributed by atoms with E-state index in [1.807, 2.05) is 0 Å². The highest BCUT2D eigenvalue weighted by molar-refractivity contribution is 6.39. The second kappa shape index (κ2) is 6.27. The third-order valence-corrected chi connectivity index (χ3v) is 4.09. The van der Waals surface area contributed by atoms with Crippen molar-refractivity contribution in [2.75, 3.05) is 5.32 Å². The van der Waals surface area contributed by atoms with E-state index >= 15 is 0 Å². The topological polar surface area (TPSA) is 79.4 Å². The van der Waals surface area contributed by atoms with Gasteiger partial charge >= 0.3 is 0 Å². The van der Waals surface area contributed by atoms with E-state index in [-0.39, 0.29) is 0 Å². The molecule has 1 aromatic carbocycles. The number of fused-ring (bicyclic) bond motifs is 1. The Morgan fingerprint density at radius 3 is 2.60 bits per heavy atom. The van der Waals surface area contributed by atoms with Crippen LogP contribution in [-0.4, -0.2) is 24.9 Å². The molecule has 0 aliphatic rings. The van der Waals surface area contributed by atoms with Gasteiger partial charge in [-0.25, -0.2) is 24.3 Å². The average molecular weight is 375 g/mol. The van der Waals surface area contributed by atoms with Gasteiger partial charge in [-0.1, -0.05) is 29.3 Å². The molecule has 0 aliphatic heterocycles. The SMILES string of the molecule is Fc1ccnc(Nc2ncnc3nc(-c4c(Cl)cccc4Cl)[nH]c23)c1. The van der Waals surface area contributed by atoms with Crippen LogP contribution in [0.1, 0.15) is 0 Å². The summed E-state index contributed by atoms with van der Waals surface area (Å²) in [7, 11) is 0. The molecule has 6 nitrogen and oxygen atoms in total. The minimum atomic E-state index is -0.407. The molecule has 124 valence electrons. The number of anilines is 2. The molecule has 4 rings (SSSR count). The Kier molecular flexibility index (Phi) is 3.95. The van der Waals surface area contributed by atoms with Crippen molar-refractivity contribution < 1.29 is 4.39 Å². The highest BCUT2D eigenvalue weighted by Gasteiger charge is 2.16. The van der Waals surface area contributed by atoms with Crippen LogP contribution >= 0.6 is 23.2 Å². The Labute approximate surface area is 151 Å². The third kappa shape index (κ3) is 2.99. The molecule has 3 heterocycles. The van der Waals surface area contributed by atoms with Crippen LogP contribution < -0.4 is 5.32 Å². The summed E-state index contributed by atoms with van der Waals surface area (Å²) in [4.78, 5) is 19.9. The molecule has 0 spiro atoms. The van der Waals surface area contributed by atoms with Gasteiger partial charge in [-0.15, -0.1) is 0 Å². The van der Waals surface area contributed by atoms with Gasteiger partial charge in [0.2, 0.25) is 0 Å². The van der Waals surface area contributed by atoms with E-state index in [1.165, 1.54) is 24.7 Å². The number of hydrogen-bond acceptors (Lipinski definition) is 5. The number of pyridine rings is 1. The Morgan fingerprint density at radius 1 is 1.04 bits per heavy atom. The molecule has 9 heteroatoms. The molecule has 0 radical (unpaired) electrons. The fraction of sp³-hybridized carbons (Fsp3) is 0. The molecule has 4 aromatic rings. The van der Waals surface area contributed by atoms with E-state index in [0.29, 0.717) is 44.2 Å². The van der Waals surface area contributed by atoms with Crippen molar-refractivity contribution in [2.24, 2.45) is 0 Å². The van der Waals surface area contributed by atoms with E-state index in [4.69, 9.17) is 23.2 Å². The Bertz CT molecular complexity index is 1060. The van der Waals surface area contributed by atoms with Crippen molar-refractivity contribution in [3.63, 3.8) is 0 Å². The van der Waals surface area contributed by atoms with Crippen LogP contribution in [0.15, 0.2) is 42.9 Å². The van der Waals surface area contributed by atoms with Crippen LogP contribution in [0.2, 0.25) is 10.0 Å².